The molecule has 0 saturated heterocycles. The Morgan fingerprint density at radius 1 is 1.00 bits per heavy atom. The molecule has 0 unspecified atom stereocenters. The van der Waals surface area contributed by atoms with E-state index in [0.717, 1.165) is 16.3 Å². The molecule has 2 aromatic carbocycles. The van der Waals surface area contributed by atoms with E-state index in [1.807, 2.05) is 42.5 Å². The van der Waals surface area contributed by atoms with Gasteiger partial charge in [-0.3, -0.25) is 14.4 Å². The summed E-state index contributed by atoms with van der Waals surface area (Å²) < 4.78 is 0. The lowest BCUT2D eigenvalue weighted by atomic mass is 9.80. The topological polar surface area (TPSA) is 95.5 Å². The molecule has 25 heavy (non-hydrogen) atoms. The monoisotopic (exact) mass is 340 g/mol. The van der Waals surface area contributed by atoms with Gasteiger partial charge in [0.25, 0.3) is 0 Å². The Hall–Kier alpha value is -2.89. The summed E-state index contributed by atoms with van der Waals surface area (Å²) in [6.45, 7) is -0.0994. The number of hydrogen-bond acceptors (Lipinski definition) is 3. The number of carbonyl (C=O) groups is 3. The highest BCUT2D eigenvalue weighted by Gasteiger charge is 2.35. The van der Waals surface area contributed by atoms with Gasteiger partial charge in [0.2, 0.25) is 11.8 Å². The lowest BCUT2D eigenvalue weighted by molar-refractivity contribution is -0.146. The average molecular weight is 340 g/mol. The fourth-order valence-corrected chi connectivity index (χ4v) is 3.08. The number of benzene rings is 2. The van der Waals surface area contributed by atoms with Crippen molar-refractivity contribution in [3.63, 3.8) is 0 Å². The molecule has 6 nitrogen and oxygen atoms in total. The van der Waals surface area contributed by atoms with E-state index in [1.165, 1.54) is 0 Å². The van der Waals surface area contributed by atoms with Gasteiger partial charge in [0, 0.05) is 6.04 Å². The number of nitrogens with one attached hydrogen (secondary N) is 2. The van der Waals surface area contributed by atoms with Crippen molar-refractivity contribution in [1.82, 2.24) is 10.6 Å². The molecule has 0 radical (unpaired) electrons. The van der Waals surface area contributed by atoms with Crippen LogP contribution in [-0.4, -0.2) is 35.5 Å². The van der Waals surface area contributed by atoms with Gasteiger partial charge in [-0.25, -0.2) is 0 Å². The Balaban J connectivity index is 1.46. The fraction of sp³-hybridized carbons (Fsp3) is 0.316. The average Bonchev–Trinajstić information content (AvgIpc) is 2.56. The van der Waals surface area contributed by atoms with Gasteiger partial charge in [-0.1, -0.05) is 42.5 Å². The number of hydrogen-bond donors (Lipinski definition) is 3. The largest absolute Gasteiger partial charge is 0.481 e. The number of carboxylic acids is 1. The molecule has 0 bridgehead atoms. The number of fused-ring (bicyclic) bond motifs is 1. The second-order valence-corrected chi connectivity index (χ2v) is 6.36. The summed E-state index contributed by atoms with van der Waals surface area (Å²) >= 11 is 0. The molecule has 130 valence electrons. The van der Waals surface area contributed by atoms with E-state index in [-0.39, 0.29) is 36.7 Å². The first-order chi connectivity index (χ1) is 12.0. The Bertz CT molecular complexity index is 807. The van der Waals surface area contributed by atoms with Gasteiger partial charge >= 0.3 is 5.97 Å². The van der Waals surface area contributed by atoms with E-state index < -0.39 is 5.97 Å². The van der Waals surface area contributed by atoms with E-state index >= 15 is 0 Å². The molecule has 2 amide bonds. The third-order valence-electron chi connectivity index (χ3n) is 4.53. The zero-order valence-corrected chi connectivity index (χ0v) is 13.7. The van der Waals surface area contributed by atoms with Crippen molar-refractivity contribution >= 4 is 28.6 Å². The predicted molar refractivity (Wildman–Crippen MR) is 93.0 cm³/mol. The highest BCUT2D eigenvalue weighted by atomic mass is 16.4. The lowest BCUT2D eigenvalue weighted by Crippen LogP contribution is -2.49. The van der Waals surface area contributed by atoms with Gasteiger partial charge in [-0.2, -0.15) is 0 Å². The number of rotatable bonds is 6. The highest BCUT2D eigenvalue weighted by molar-refractivity contribution is 5.91. The van der Waals surface area contributed by atoms with Crippen molar-refractivity contribution in [2.75, 3.05) is 6.54 Å². The highest BCUT2D eigenvalue weighted by Crippen LogP contribution is 2.27. The lowest BCUT2D eigenvalue weighted by Gasteiger charge is -2.32. The van der Waals surface area contributed by atoms with Gasteiger partial charge in [-0.05, 0) is 29.2 Å². The van der Waals surface area contributed by atoms with Gasteiger partial charge in [-0.15, -0.1) is 0 Å². The van der Waals surface area contributed by atoms with E-state index in [0.29, 0.717) is 12.8 Å². The molecule has 1 aliphatic carbocycles. The maximum atomic E-state index is 12.1. The summed E-state index contributed by atoms with van der Waals surface area (Å²) in [6.07, 6.45) is 1.11. The minimum absolute atomic E-state index is 0.0994. The van der Waals surface area contributed by atoms with Crippen LogP contribution in [0.2, 0.25) is 0 Å². The summed E-state index contributed by atoms with van der Waals surface area (Å²) in [5.41, 5.74) is 0.916. The SMILES string of the molecule is O=C(Cc1cccc2ccccc12)NCC(=O)NC1CC(C(=O)O)C1. The summed E-state index contributed by atoms with van der Waals surface area (Å²) in [4.78, 5) is 34.6. The van der Waals surface area contributed by atoms with Crippen molar-refractivity contribution in [3.8, 4) is 0 Å². The first kappa shape index (κ1) is 17.0. The summed E-state index contributed by atoms with van der Waals surface area (Å²) in [7, 11) is 0. The van der Waals surface area contributed by atoms with Crippen LogP contribution in [0.3, 0.4) is 0 Å². The summed E-state index contributed by atoms with van der Waals surface area (Å²) in [6, 6.07) is 13.5. The maximum absolute atomic E-state index is 12.1. The normalized spacial score (nSPS) is 19.0. The molecule has 0 aliphatic heterocycles. The number of amides is 2. The summed E-state index contributed by atoms with van der Waals surface area (Å²) in [5.74, 6) is -1.70. The van der Waals surface area contributed by atoms with Crippen LogP contribution in [0.4, 0.5) is 0 Å². The van der Waals surface area contributed by atoms with Crippen LogP contribution in [0, 0.1) is 5.92 Å². The second-order valence-electron chi connectivity index (χ2n) is 6.36. The molecular weight excluding hydrogens is 320 g/mol. The van der Waals surface area contributed by atoms with Crippen LogP contribution >= 0.6 is 0 Å². The Morgan fingerprint density at radius 3 is 2.48 bits per heavy atom. The van der Waals surface area contributed by atoms with Crippen LogP contribution < -0.4 is 10.6 Å². The molecular formula is C19H20N2O4. The quantitative estimate of drug-likeness (QED) is 0.742. The Kier molecular flexibility index (Phi) is 4.97. The third kappa shape index (κ3) is 4.15. The Labute approximate surface area is 145 Å². The Morgan fingerprint density at radius 2 is 1.72 bits per heavy atom. The van der Waals surface area contributed by atoms with Crippen LogP contribution in [0.25, 0.3) is 10.8 Å². The van der Waals surface area contributed by atoms with Gasteiger partial charge in [0.15, 0.2) is 0 Å². The zero-order chi connectivity index (χ0) is 17.8. The zero-order valence-electron chi connectivity index (χ0n) is 13.7. The molecule has 1 fully saturated rings. The van der Waals surface area contributed by atoms with E-state index in [2.05, 4.69) is 10.6 Å². The fourth-order valence-electron chi connectivity index (χ4n) is 3.08. The van der Waals surface area contributed by atoms with Crippen LogP contribution in [0.15, 0.2) is 42.5 Å². The smallest absolute Gasteiger partial charge is 0.306 e. The van der Waals surface area contributed by atoms with Crippen molar-refractivity contribution < 1.29 is 19.5 Å². The summed E-state index contributed by atoms with van der Waals surface area (Å²) in [5, 5.41) is 16.3. The molecule has 0 heterocycles. The van der Waals surface area contributed by atoms with Crippen molar-refractivity contribution in [2.24, 2.45) is 5.92 Å². The van der Waals surface area contributed by atoms with E-state index in [9.17, 15) is 14.4 Å². The van der Waals surface area contributed by atoms with Gasteiger partial charge < -0.3 is 15.7 Å². The standard InChI is InChI=1S/C19H20N2O4/c22-17(10-13-6-3-5-12-4-1-2-7-16(12)13)20-11-18(23)21-15-8-14(9-15)19(24)25/h1-7,14-15H,8-11H2,(H,20,22)(H,21,23)(H,24,25). The van der Waals surface area contributed by atoms with Crippen molar-refractivity contribution in [3.05, 3.63) is 48.0 Å². The molecule has 2 aromatic rings. The number of aliphatic carboxylic acids is 1. The minimum Gasteiger partial charge on any atom is -0.481 e. The van der Waals surface area contributed by atoms with Gasteiger partial charge in [0.1, 0.15) is 0 Å². The van der Waals surface area contributed by atoms with E-state index in [4.69, 9.17) is 5.11 Å². The minimum atomic E-state index is -0.825. The second kappa shape index (κ2) is 7.34. The molecule has 0 spiro atoms. The van der Waals surface area contributed by atoms with Crippen molar-refractivity contribution in [1.29, 1.82) is 0 Å². The molecule has 1 saturated carbocycles. The molecule has 3 rings (SSSR count). The van der Waals surface area contributed by atoms with Crippen molar-refractivity contribution in [2.45, 2.75) is 25.3 Å². The van der Waals surface area contributed by atoms with E-state index in [1.54, 1.807) is 0 Å². The first-order valence-corrected chi connectivity index (χ1v) is 8.28. The third-order valence-corrected chi connectivity index (χ3v) is 4.53. The molecule has 6 heteroatoms. The van der Waals surface area contributed by atoms with Crippen LogP contribution in [-0.2, 0) is 20.8 Å². The molecule has 3 N–H and O–H groups in total. The van der Waals surface area contributed by atoms with Crippen LogP contribution in [0.1, 0.15) is 18.4 Å². The van der Waals surface area contributed by atoms with Gasteiger partial charge in [0.05, 0.1) is 18.9 Å². The molecule has 0 atom stereocenters. The molecule has 1 aliphatic rings. The maximum Gasteiger partial charge on any atom is 0.306 e. The predicted octanol–water partition coefficient (Wildman–Crippen LogP) is 1.48. The molecule has 0 aromatic heterocycles. The first-order valence-electron chi connectivity index (χ1n) is 8.28. The number of carboxylic acid groups (broad SMARTS) is 1. The van der Waals surface area contributed by atoms with Crippen LogP contribution in [0.5, 0.6) is 0 Å². The number of carbonyl (C=O) groups excluding carboxylic acids is 2.